The standard InChI is InChI=1S/C22H22N4O3/c1-13-8-9-18(10-14(13)2)26-21(27)19-12-20(24-15(3)23-19)25-17-7-5-6-16(11-17)22(28)29-4/h5-12H,1-4H3,(H,26,27)(H,23,24,25). The molecule has 0 atom stereocenters. The Balaban J connectivity index is 1.81. The minimum Gasteiger partial charge on any atom is -0.465 e. The zero-order valence-corrected chi connectivity index (χ0v) is 16.7. The lowest BCUT2D eigenvalue weighted by Crippen LogP contribution is -2.15. The van der Waals surface area contributed by atoms with E-state index in [1.807, 2.05) is 32.0 Å². The van der Waals surface area contributed by atoms with E-state index in [2.05, 4.69) is 20.6 Å². The summed E-state index contributed by atoms with van der Waals surface area (Å²) in [6, 6.07) is 14.1. The molecule has 0 aliphatic heterocycles. The molecule has 0 radical (unpaired) electrons. The predicted octanol–water partition coefficient (Wildman–Crippen LogP) is 4.18. The largest absolute Gasteiger partial charge is 0.465 e. The minimum absolute atomic E-state index is 0.238. The first-order valence-electron chi connectivity index (χ1n) is 9.05. The van der Waals surface area contributed by atoms with Crippen molar-refractivity contribution in [2.75, 3.05) is 17.7 Å². The summed E-state index contributed by atoms with van der Waals surface area (Å²) in [7, 11) is 1.33. The van der Waals surface area contributed by atoms with Crippen molar-refractivity contribution in [2.45, 2.75) is 20.8 Å². The smallest absolute Gasteiger partial charge is 0.337 e. The molecular formula is C22H22N4O3. The van der Waals surface area contributed by atoms with E-state index in [4.69, 9.17) is 4.74 Å². The fourth-order valence-electron chi connectivity index (χ4n) is 2.75. The van der Waals surface area contributed by atoms with Gasteiger partial charge < -0.3 is 15.4 Å². The van der Waals surface area contributed by atoms with E-state index in [1.54, 1.807) is 37.3 Å². The predicted molar refractivity (Wildman–Crippen MR) is 112 cm³/mol. The van der Waals surface area contributed by atoms with Gasteiger partial charge in [0.25, 0.3) is 5.91 Å². The maximum atomic E-state index is 12.7. The van der Waals surface area contributed by atoms with Crippen molar-refractivity contribution in [3.63, 3.8) is 0 Å². The topological polar surface area (TPSA) is 93.2 Å². The van der Waals surface area contributed by atoms with Gasteiger partial charge in [-0.2, -0.15) is 0 Å². The molecule has 0 aliphatic carbocycles. The molecule has 2 N–H and O–H groups in total. The van der Waals surface area contributed by atoms with Crippen molar-refractivity contribution in [1.82, 2.24) is 9.97 Å². The summed E-state index contributed by atoms with van der Waals surface area (Å²) in [5.41, 5.74) is 4.25. The SMILES string of the molecule is COC(=O)c1cccc(Nc2cc(C(=O)Nc3ccc(C)c(C)c3)nc(C)n2)c1. The Labute approximate surface area is 169 Å². The van der Waals surface area contributed by atoms with E-state index in [0.29, 0.717) is 28.6 Å². The molecule has 148 valence electrons. The second kappa shape index (κ2) is 8.52. The number of ether oxygens (including phenoxy) is 1. The third-order valence-electron chi connectivity index (χ3n) is 4.39. The van der Waals surface area contributed by atoms with Crippen LogP contribution in [0.25, 0.3) is 0 Å². The van der Waals surface area contributed by atoms with Crippen LogP contribution in [0.3, 0.4) is 0 Å². The van der Waals surface area contributed by atoms with Crippen molar-refractivity contribution in [2.24, 2.45) is 0 Å². The van der Waals surface area contributed by atoms with E-state index >= 15 is 0 Å². The summed E-state index contributed by atoms with van der Waals surface area (Å²) < 4.78 is 4.74. The minimum atomic E-state index is -0.430. The van der Waals surface area contributed by atoms with Gasteiger partial charge in [0.2, 0.25) is 0 Å². The van der Waals surface area contributed by atoms with Crippen LogP contribution in [-0.2, 0) is 4.74 Å². The van der Waals surface area contributed by atoms with Gasteiger partial charge in [0.05, 0.1) is 12.7 Å². The molecule has 0 saturated carbocycles. The molecule has 7 nitrogen and oxygen atoms in total. The van der Waals surface area contributed by atoms with Gasteiger partial charge in [-0.25, -0.2) is 14.8 Å². The highest BCUT2D eigenvalue weighted by Gasteiger charge is 2.12. The Morgan fingerprint density at radius 2 is 1.69 bits per heavy atom. The van der Waals surface area contributed by atoms with Crippen molar-refractivity contribution >= 4 is 29.1 Å². The Morgan fingerprint density at radius 3 is 2.41 bits per heavy atom. The van der Waals surface area contributed by atoms with Crippen LogP contribution in [0.1, 0.15) is 37.8 Å². The molecule has 29 heavy (non-hydrogen) atoms. The van der Waals surface area contributed by atoms with Crippen LogP contribution in [0.2, 0.25) is 0 Å². The first-order valence-corrected chi connectivity index (χ1v) is 9.05. The number of amides is 1. The molecule has 0 bridgehead atoms. The number of rotatable bonds is 5. The molecule has 0 fully saturated rings. The summed E-state index contributed by atoms with van der Waals surface area (Å²) in [6.45, 7) is 5.72. The van der Waals surface area contributed by atoms with Crippen molar-refractivity contribution in [3.8, 4) is 0 Å². The van der Waals surface area contributed by atoms with E-state index in [0.717, 1.165) is 11.1 Å². The van der Waals surface area contributed by atoms with Crippen LogP contribution < -0.4 is 10.6 Å². The lowest BCUT2D eigenvalue weighted by Gasteiger charge is -2.11. The highest BCUT2D eigenvalue weighted by atomic mass is 16.5. The molecule has 0 spiro atoms. The molecule has 0 unspecified atom stereocenters. The first kappa shape index (κ1) is 20.0. The van der Waals surface area contributed by atoms with Crippen molar-refractivity contribution in [1.29, 1.82) is 0 Å². The average molecular weight is 390 g/mol. The fraction of sp³-hybridized carbons (Fsp3) is 0.182. The van der Waals surface area contributed by atoms with Crippen LogP contribution in [0.15, 0.2) is 48.5 Å². The van der Waals surface area contributed by atoms with Gasteiger partial charge in [-0.1, -0.05) is 12.1 Å². The number of aryl methyl sites for hydroxylation is 3. The Bertz CT molecular complexity index is 1080. The Kier molecular flexibility index (Phi) is 5.87. The normalized spacial score (nSPS) is 10.3. The first-order chi connectivity index (χ1) is 13.9. The van der Waals surface area contributed by atoms with Gasteiger partial charge in [-0.05, 0) is 62.2 Å². The van der Waals surface area contributed by atoms with E-state index in [9.17, 15) is 9.59 Å². The average Bonchev–Trinajstić information content (AvgIpc) is 2.70. The molecule has 0 aliphatic rings. The monoisotopic (exact) mass is 390 g/mol. The molecule has 3 rings (SSSR count). The van der Waals surface area contributed by atoms with Gasteiger partial charge in [-0.3, -0.25) is 4.79 Å². The van der Waals surface area contributed by atoms with Crippen molar-refractivity contribution in [3.05, 3.63) is 76.7 Å². The van der Waals surface area contributed by atoms with Crippen molar-refractivity contribution < 1.29 is 14.3 Å². The quantitative estimate of drug-likeness (QED) is 0.635. The van der Waals surface area contributed by atoms with Gasteiger partial charge >= 0.3 is 5.97 Å². The second-order valence-corrected chi connectivity index (χ2v) is 6.64. The lowest BCUT2D eigenvalue weighted by atomic mass is 10.1. The van der Waals surface area contributed by atoms with E-state index in [-0.39, 0.29) is 11.6 Å². The summed E-state index contributed by atoms with van der Waals surface area (Å²) in [5, 5.41) is 5.96. The molecule has 1 heterocycles. The van der Waals surface area contributed by atoms with Gasteiger partial charge in [0, 0.05) is 17.4 Å². The molecule has 3 aromatic rings. The zero-order chi connectivity index (χ0) is 21.0. The van der Waals surface area contributed by atoms with Crippen LogP contribution >= 0.6 is 0 Å². The highest BCUT2D eigenvalue weighted by Crippen LogP contribution is 2.19. The van der Waals surface area contributed by atoms with E-state index < -0.39 is 5.97 Å². The number of carbonyl (C=O) groups excluding carboxylic acids is 2. The number of nitrogens with one attached hydrogen (secondary N) is 2. The van der Waals surface area contributed by atoms with Gasteiger partial charge in [-0.15, -0.1) is 0 Å². The number of methoxy groups -OCH3 is 1. The zero-order valence-electron chi connectivity index (χ0n) is 16.7. The molecule has 1 aromatic heterocycles. The number of esters is 1. The van der Waals surface area contributed by atoms with E-state index in [1.165, 1.54) is 7.11 Å². The maximum Gasteiger partial charge on any atom is 0.337 e. The highest BCUT2D eigenvalue weighted by molar-refractivity contribution is 6.03. The van der Waals surface area contributed by atoms with Crippen LogP contribution in [0.4, 0.5) is 17.2 Å². The fourth-order valence-corrected chi connectivity index (χ4v) is 2.75. The van der Waals surface area contributed by atoms with Gasteiger partial charge in [0.15, 0.2) is 0 Å². The maximum absolute atomic E-state index is 12.7. The third kappa shape index (κ3) is 4.95. The number of anilines is 3. The number of hydrogen-bond donors (Lipinski definition) is 2. The molecule has 0 saturated heterocycles. The Morgan fingerprint density at radius 1 is 0.897 bits per heavy atom. The molecule has 2 aromatic carbocycles. The van der Waals surface area contributed by atoms with Crippen LogP contribution in [0, 0.1) is 20.8 Å². The summed E-state index contributed by atoms with van der Waals surface area (Å²) in [5.74, 6) is 0.139. The number of aromatic nitrogens is 2. The Hall–Kier alpha value is -3.74. The molecule has 1 amide bonds. The van der Waals surface area contributed by atoms with Gasteiger partial charge in [0.1, 0.15) is 17.3 Å². The second-order valence-electron chi connectivity index (χ2n) is 6.64. The number of hydrogen-bond acceptors (Lipinski definition) is 6. The molecular weight excluding hydrogens is 368 g/mol. The summed E-state index contributed by atoms with van der Waals surface area (Å²) >= 11 is 0. The number of carbonyl (C=O) groups is 2. The van der Waals surface area contributed by atoms with Crippen LogP contribution in [0.5, 0.6) is 0 Å². The third-order valence-corrected chi connectivity index (χ3v) is 4.39. The number of benzene rings is 2. The molecule has 7 heteroatoms. The lowest BCUT2D eigenvalue weighted by molar-refractivity contribution is 0.0600. The number of nitrogens with zero attached hydrogens (tertiary/aromatic N) is 2. The summed E-state index contributed by atoms with van der Waals surface area (Å²) in [6.07, 6.45) is 0. The van der Waals surface area contributed by atoms with Crippen LogP contribution in [-0.4, -0.2) is 29.0 Å². The summed E-state index contributed by atoms with van der Waals surface area (Å²) in [4.78, 5) is 32.9.